The second-order valence-corrected chi connectivity index (χ2v) is 7.87. The molecule has 168 valence electrons. The van der Waals surface area contributed by atoms with Gasteiger partial charge in [0.15, 0.2) is 0 Å². The lowest BCUT2D eigenvalue weighted by Gasteiger charge is -2.03. The van der Waals surface area contributed by atoms with Gasteiger partial charge in [0.1, 0.15) is 17.2 Å². The molecule has 0 spiro atoms. The Bertz CT molecular complexity index is 1310. The molecule has 0 fully saturated rings. The van der Waals surface area contributed by atoms with Crippen LogP contribution in [0.5, 0.6) is 11.5 Å². The number of nitrogens with one attached hydrogen (secondary N) is 1. The predicted molar refractivity (Wildman–Crippen MR) is 133 cm³/mol. The number of hydrogen-bond acceptors (Lipinski definition) is 5. The minimum absolute atomic E-state index is 0.651. The van der Waals surface area contributed by atoms with Crippen LogP contribution in [-0.2, 0) is 11.9 Å². The molecular formula is C25H24BrN5O2. The summed E-state index contributed by atoms with van der Waals surface area (Å²) in [6.07, 6.45) is 3.75. The highest BCUT2D eigenvalue weighted by Crippen LogP contribution is 2.22. The molecule has 3 aromatic carbocycles. The van der Waals surface area contributed by atoms with E-state index < -0.39 is 0 Å². The number of aromatic nitrogens is 5. The van der Waals surface area contributed by atoms with Gasteiger partial charge in [-0.05, 0) is 47.5 Å². The zero-order chi connectivity index (χ0) is 23.0. The lowest BCUT2D eigenvalue weighted by Crippen LogP contribution is -2.00. The molecule has 8 heteroatoms. The Hall–Kier alpha value is -3.65. The molecule has 0 radical (unpaired) electrons. The number of nitrogens with zero attached hydrogens (tertiary/aromatic N) is 4. The first kappa shape index (κ1) is 22.5. The lowest BCUT2D eigenvalue weighted by atomic mass is 10.1. The summed E-state index contributed by atoms with van der Waals surface area (Å²) in [4.78, 5) is 0. The van der Waals surface area contributed by atoms with E-state index in [2.05, 4.69) is 48.6 Å². The van der Waals surface area contributed by atoms with Crippen LogP contribution in [0, 0.1) is 0 Å². The quantitative estimate of drug-likeness (QED) is 0.309. The lowest BCUT2D eigenvalue weighted by molar-refractivity contribution is 0.414. The van der Waals surface area contributed by atoms with Crippen LogP contribution >= 0.6 is 15.9 Å². The number of fused-ring (bicyclic) bond motifs is 1. The Labute approximate surface area is 200 Å². The van der Waals surface area contributed by atoms with Crippen molar-refractivity contribution in [1.29, 1.82) is 0 Å². The Balaban J connectivity index is 0.000000219. The topological polar surface area (TPSA) is 77.9 Å². The second kappa shape index (κ2) is 10.8. The van der Waals surface area contributed by atoms with Crippen molar-refractivity contribution < 1.29 is 9.47 Å². The van der Waals surface area contributed by atoms with Crippen molar-refractivity contribution in [2.75, 3.05) is 14.2 Å². The van der Waals surface area contributed by atoms with Crippen LogP contribution in [0.1, 0.15) is 11.1 Å². The van der Waals surface area contributed by atoms with Gasteiger partial charge < -0.3 is 9.47 Å². The van der Waals surface area contributed by atoms with Crippen LogP contribution in [0.2, 0.25) is 0 Å². The first-order chi connectivity index (χ1) is 16.2. The Kier molecular flexibility index (Phi) is 7.36. The zero-order valence-electron chi connectivity index (χ0n) is 18.4. The molecule has 0 saturated heterocycles. The largest absolute Gasteiger partial charge is 0.497 e. The van der Waals surface area contributed by atoms with Crippen molar-refractivity contribution in [1.82, 2.24) is 25.2 Å². The minimum Gasteiger partial charge on any atom is -0.497 e. The van der Waals surface area contributed by atoms with Crippen molar-refractivity contribution in [3.63, 3.8) is 0 Å². The fourth-order valence-corrected chi connectivity index (χ4v) is 3.67. The summed E-state index contributed by atoms with van der Waals surface area (Å²) in [6.45, 7) is 0.651. The van der Waals surface area contributed by atoms with Crippen molar-refractivity contribution in [3.05, 3.63) is 90.3 Å². The van der Waals surface area contributed by atoms with Gasteiger partial charge in [-0.15, -0.1) is 5.10 Å². The molecule has 0 saturated carbocycles. The van der Waals surface area contributed by atoms with E-state index in [9.17, 15) is 0 Å². The summed E-state index contributed by atoms with van der Waals surface area (Å²) < 4.78 is 12.1. The Morgan fingerprint density at radius 2 is 1.64 bits per heavy atom. The van der Waals surface area contributed by atoms with Crippen molar-refractivity contribution in [3.8, 4) is 22.8 Å². The van der Waals surface area contributed by atoms with Gasteiger partial charge in [0, 0.05) is 16.3 Å². The maximum absolute atomic E-state index is 5.25. The van der Waals surface area contributed by atoms with Crippen molar-refractivity contribution in [2.45, 2.75) is 11.9 Å². The SMILES string of the molecule is COc1cccc(CBr)c1.COc1cccc(Cn2cc(-c3ccc4[nH]ncc4c3)nn2)c1. The highest BCUT2D eigenvalue weighted by atomic mass is 79.9. The Morgan fingerprint density at radius 3 is 2.36 bits per heavy atom. The first-order valence-corrected chi connectivity index (χ1v) is 11.5. The molecule has 2 aromatic heterocycles. The van der Waals surface area contributed by atoms with Gasteiger partial charge in [-0.25, -0.2) is 4.68 Å². The second-order valence-electron chi connectivity index (χ2n) is 7.31. The molecule has 33 heavy (non-hydrogen) atoms. The van der Waals surface area contributed by atoms with Gasteiger partial charge in [0.2, 0.25) is 0 Å². The summed E-state index contributed by atoms with van der Waals surface area (Å²) in [5.41, 5.74) is 5.23. The van der Waals surface area contributed by atoms with Gasteiger partial charge in [-0.3, -0.25) is 5.10 Å². The molecule has 0 aliphatic rings. The number of aromatic amines is 1. The molecule has 0 bridgehead atoms. The van der Waals surface area contributed by atoms with E-state index in [1.807, 2.05) is 65.5 Å². The zero-order valence-corrected chi connectivity index (χ0v) is 20.0. The third kappa shape index (κ3) is 5.78. The number of alkyl halides is 1. The molecule has 5 rings (SSSR count). The normalized spacial score (nSPS) is 10.5. The fraction of sp³-hybridized carbons (Fsp3) is 0.160. The standard InChI is InChI=1S/C17H15N5O.C8H9BrO/c1-23-15-4-2-3-12(7-15)10-22-11-17(20-21-22)13-5-6-16-14(8-13)9-18-19-16;1-10-8-4-2-3-7(5-8)6-9/h2-9,11H,10H2,1H3,(H,18,19);2-5H,6H2,1H3. The van der Waals surface area contributed by atoms with Crippen LogP contribution < -0.4 is 9.47 Å². The first-order valence-electron chi connectivity index (χ1n) is 10.3. The van der Waals surface area contributed by atoms with E-state index in [1.54, 1.807) is 20.4 Å². The van der Waals surface area contributed by atoms with E-state index in [4.69, 9.17) is 9.47 Å². The molecule has 0 aliphatic carbocycles. The average Bonchev–Trinajstić information content (AvgIpc) is 3.53. The maximum atomic E-state index is 5.25. The monoisotopic (exact) mass is 505 g/mol. The van der Waals surface area contributed by atoms with E-state index in [0.29, 0.717) is 6.54 Å². The smallest absolute Gasteiger partial charge is 0.119 e. The van der Waals surface area contributed by atoms with E-state index >= 15 is 0 Å². The van der Waals surface area contributed by atoms with Gasteiger partial charge in [0.05, 0.1) is 38.7 Å². The van der Waals surface area contributed by atoms with Gasteiger partial charge in [0.25, 0.3) is 0 Å². The highest BCUT2D eigenvalue weighted by Gasteiger charge is 2.06. The number of H-pyrrole nitrogens is 1. The third-order valence-corrected chi connectivity index (χ3v) is 5.69. The van der Waals surface area contributed by atoms with Gasteiger partial charge >= 0.3 is 0 Å². The van der Waals surface area contributed by atoms with E-state index in [0.717, 1.165) is 44.6 Å². The molecule has 0 atom stereocenters. The minimum atomic E-state index is 0.651. The summed E-state index contributed by atoms with van der Waals surface area (Å²) >= 11 is 3.37. The third-order valence-electron chi connectivity index (χ3n) is 5.04. The van der Waals surface area contributed by atoms with Crippen LogP contribution in [0.4, 0.5) is 0 Å². The maximum Gasteiger partial charge on any atom is 0.119 e. The van der Waals surface area contributed by atoms with E-state index in [1.165, 1.54) is 5.56 Å². The predicted octanol–water partition coefficient (Wildman–Crippen LogP) is 5.47. The molecule has 0 unspecified atom stereocenters. The number of methoxy groups -OCH3 is 2. The number of hydrogen-bond donors (Lipinski definition) is 1. The van der Waals surface area contributed by atoms with E-state index in [-0.39, 0.29) is 0 Å². The summed E-state index contributed by atoms with van der Waals surface area (Å²) in [5, 5.41) is 17.4. The molecule has 5 aromatic rings. The Morgan fingerprint density at radius 1 is 0.909 bits per heavy atom. The number of halogens is 1. The van der Waals surface area contributed by atoms with Crippen molar-refractivity contribution in [2.24, 2.45) is 0 Å². The van der Waals surface area contributed by atoms with Gasteiger partial charge in [-0.1, -0.05) is 51.5 Å². The molecule has 0 aliphatic heterocycles. The number of ether oxygens (including phenoxy) is 2. The summed E-state index contributed by atoms with van der Waals surface area (Å²) in [6, 6.07) is 22.0. The van der Waals surface area contributed by atoms with Crippen LogP contribution in [0.15, 0.2) is 79.1 Å². The summed E-state index contributed by atoms with van der Waals surface area (Å²) in [5.74, 6) is 1.75. The summed E-state index contributed by atoms with van der Waals surface area (Å²) in [7, 11) is 3.34. The van der Waals surface area contributed by atoms with Crippen LogP contribution in [-0.4, -0.2) is 39.4 Å². The number of benzene rings is 3. The van der Waals surface area contributed by atoms with Gasteiger partial charge in [-0.2, -0.15) is 5.10 Å². The molecule has 7 nitrogen and oxygen atoms in total. The molecule has 1 N–H and O–H groups in total. The van der Waals surface area contributed by atoms with Crippen LogP contribution in [0.3, 0.4) is 0 Å². The van der Waals surface area contributed by atoms with Crippen LogP contribution in [0.25, 0.3) is 22.2 Å². The molecule has 2 heterocycles. The highest BCUT2D eigenvalue weighted by molar-refractivity contribution is 9.08. The molecule has 0 amide bonds. The number of rotatable bonds is 6. The molecular weight excluding hydrogens is 482 g/mol. The fourth-order valence-electron chi connectivity index (χ4n) is 3.32. The van der Waals surface area contributed by atoms with Crippen molar-refractivity contribution >= 4 is 26.8 Å². The average molecular weight is 506 g/mol.